The third-order valence-electron chi connectivity index (χ3n) is 2.76. The van der Waals surface area contributed by atoms with E-state index in [2.05, 4.69) is 13.0 Å². The van der Waals surface area contributed by atoms with Crippen molar-refractivity contribution in [2.45, 2.75) is 38.7 Å². The molecule has 2 nitrogen and oxygen atoms in total. The molecule has 2 heteroatoms. The number of hydrogen-bond acceptors (Lipinski definition) is 2. The van der Waals surface area contributed by atoms with Gasteiger partial charge in [0.2, 0.25) is 0 Å². The molecular formula is C13H18O2. The molecule has 82 valence electrons. The topological polar surface area (TPSA) is 29.5 Å². The van der Waals surface area contributed by atoms with E-state index in [1.54, 1.807) is 0 Å². The van der Waals surface area contributed by atoms with Gasteiger partial charge in [-0.15, -0.1) is 0 Å². The molecule has 0 amide bonds. The van der Waals surface area contributed by atoms with Gasteiger partial charge in [-0.25, -0.2) is 0 Å². The molecule has 1 aromatic rings. The Hall–Kier alpha value is -1.02. The molecule has 15 heavy (non-hydrogen) atoms. The summed E-state index contributed by atoms with van der Waals surface area (Å²) in [4.78, 5) is 0. The van der Waals surface area contributed by atoms with Crippen LogP contribution in [0.25, 0.3) is 0 Å². The molecule has 0 radical (unpaired) electrons. The van der Waals surface area contributed by atoms with Gasteiger partial charge in [0, 0.05) is 17.9 Å². The largest absolute Gasteiger partial charge is 0.492 e. The van der Waals surface area contributed by atoms with Crippen LogP contribution in [-0.2, 0) is 6.42 Å². The van der Waals surface area contributed by atoms with Crippen molar-refractivity contribution in [1.82, 2.24) is 0 Å². The molecule has 0 aromatic heterocycles. The molecule has 1 atom stereocenters. The van der Waals surface area contributed by atoms with Crippen molar-refractivity contribution in [2.75, 3.05) is 6.61 Å². The summed E-state index contributed by atoms with van der Waals surface area (Å²) >= 11 is 0. The normalized spacial score (nSPS) is 19.9. The van der Waals surface area contributed by atoms with Crippen LogP contribution in [0.4, 0.5) is 0 Å². The van der Waals surface area contributed by atoms with Gasteiger partial charge in [-0.1, -0.05) is 25.1 Å². The maximum Gasteiger partial charge on any atom is 0.126 e. The summed E-state index contributed by atoms with van der Waals surface area (Å²) in [5.41, 5.74) is 1.71. The molecule has 1 heterocycles. The first-order valence-corrected chi connectivity index (χ1v) is 5.44. The Morgan fingerprint density at radius 2 is 2.20 bits per heavy atom. The second kappa shape index (κ2) is 3.53. The van der Waals surface area contributed by atoms with E-state index in [9.17, 15) is 5.11 Å². The molecule has 1 unspecified atom stereocenters. The van der Waals surface area contributed by atoms with Crippen LogP contribution in [0.5, 0.6) is 5.75 Å². The highest BCUT2D eigenvalue weighted by molar-refractivity contribution is 5.46. The van der Waals surface area contributed by atoms with Crippen molar-refractivity contribution in [3.63, 3.8) is 0 Å². The number of aliphatic hydroxyl groups is 1. The average Bonchev–Trinajstić information content (AvgIpc) is 2.47. The number of rotatable bonds is 2. The van der Waals surface area contributed by atoms with Gasteiger partial charge in [-0.3, -0.25) is 0 Å². The molecule has 2 rings (SSSR count). The third kappa shape index (κ3) is 2.15. The molecule has 0 fully saturated rings. The van der Waals surface area contributed by atoms with E-state index in [4.69, 9.17) is 4.74 Å². The molecule has 1 aliphatic heterocycles. The van der Waals surface area contributed by atoms with Crippen LogP contribution in [0.15, 0.2) is 18.2 Å². The van der Waals surface area contributed by atoms with Crippen LogP contribution < -0.4 is 4.74 Å². The molecular weight excluding hydrogens is 188 g/mol. The van der Waals surface area contributed by atoms with E-state index in [0.29, 0.717) is 12.3 Å². The Bertz CT molecular complexity index is 363. The minimum atomic E-state index is -0.676. The molecule has 0 saturated carbocycles. The summed E-state index contributed by atoms with van der Waals surface area (Å²) < 4.78 is 5.68. The molecule has 1 aromatic carbocycles. The van der Waals surface area contributed by atoms with Crippen LogP contribution in [0.1, 0.15) is 37.8 Å². The van der Waals surface area contributed by atoms with Crippen LogP contribution in [-0.4, -0.2) is 17.3 Å². The van der Waals surface area contributed by atoms with E-state index >= 15 is 0 Å². The fourth-order valence-corrected chi connectivity index (χ4v) is 2.07. The first-order valence-electron chi connectivity index (χ1n) is 5.44. The first-order chi connectivity index (χ1) is 6.97. The van der Waals surface area contributed by atoms with E-state index in [1.807, 2.05) is 26.0 Å². The standard InChI is InChI=1S/C13H18O2/c1-9-8-15-12-10(7-13(2,3)14)5-4-6-11(9)12/h4-6,9,14H,7-8H2,1-3H3. The lowest BCUT2D eigenvalue weighted by atomic mass is 9.94. The Labute approximate surface area is 90.9 Å². The molecule has 1 N–H and O–H groups in total. The van der Waals surface area contributed by atoms with Gasteiger partial charge in [0.1, 0.15) is 5.75 Å². The van der Waals surface area contributed by atoms with Gasteiger partial charge in [0.05, 0.1) is 12.2 Å². The first kappa shape index (κ1) is 10.5. The number of para-hydroxylation sites is 1. The average molecular weight is 206 g/mol. The maximum absolute atomic E-state index is 9.81. The number of hydrogen-bond donors (Lipinski definition) is 1. The zero-order chi connectivity index (χ0) is 11.1. The van der Waals surface area contributed by atoms with Gasteiger partial charge in [0.25, 0.3) is 0 Å². The summed E-state index contributed by atoms with van der Waals surface area (Å²) in [6, 6.07) is 6.20. The minimum absolute atomic E-state index is 0.474. The van der Waals surface area contributed by atoms with Gasteiger partial charge in [-0.05, 0) is 19.4 Å². The predicted molar refractivity (Wildman–Crippen MR) is 60.4 cm³/mol. The molecule has 1 aliphatic rings. The van der Waals surface area contributed by atoms with Crippen molar-refractivity contribution >= 4 is 0 Å². The second-order valence-corrected chi connectivity index (χ2v) is 5.04. The summed E-state index contributed by atoms with van der Waals surface area (Å²) in [5.74, 6) is 1.47. The third-order valence-corrected chi connectivity index (χ3v) is 2.76. The second-order valence-electron chi connectivity index (χ2n) is 5.04. The lowest BCUT2D eigenvalue weighted by molar-refractivity contribution is 0.0802. The zero-order valence-corrected chi connectivity index (χ0v) is 9.58. The summed E-state index contributed by atoms with van der Waals surface area (Å²) in [6.07, 6.45) is 0.642. The van der Waals surface area contributed by atoms with E-state index in [1.165, 1.54) is 5.56 Å². The van der Waals surface area contributed by atoms with Crippen LogP contribution >= 0.6 is 0 Å². The predicted octanol–water partition coefficient (Wildman–Crippen LogP) is 2.50. The summed E-state index contributed by atoms with van der Waals surface area (Å²) in [6.45, 7) is 6.58. The van der Waals surface area contributed by atoms with Crippen LogP contribution in [0.3, 0.4) is 0 Å². The molecule has 0 bridgehead atoms. The number of benzene rings is 1. The SMILES string of the molecule is CC1COc2c(CC(C)(C)O)cccc21. The Balaban J connectivity index is 2.34. The van der Waals surface area contributed by atoms with Gasteiger partial charge in [-0.2, -0.15) is 0 Å². The zero-order valence-electron chi connectivity index (χ0n) is 9.58. The van der Waals surface area contributed by atoms with Crippen LogP contribution in [0, 0.1) is 0 Å². The van der Waals surface area contributed by atoms with Crippen LogP contribution in [0.2, 0.25) is 0 Å². The quantitative estimate of drug-likeness (QED) is 0.805. The summed E-state index contributed by atoms with van der Waals surface area (Å²) in [7, 11) is 0. The highest BCUT2D eigenvalue weighted by Crippen LogP contribution is 2.37. The highest BCUT2D eigenvalue weighted by Gasteiger charge is 2.25. The summed E-state index contributed by atoms with van der Waals surface area (Å²) in [5, 5.41) is 9.81. The van der Waals surface area contributed by atoms with E-state index in [-0.39, 0.29) is 0 Å². The number of fused-ring (bicyclic) bond motifs is 1. The van der Waals surface area contributed by atoms with Gasteiger partial charge >= 0.3 is 0 Å². The van der Waals surface area contributed by atoms with Crippen molar-refractivity contribution in [3.05, 3.63) is 29.3 Å². The molecule has 0 spiro atoms. The Kier molecular flexibility index (Phi) is 2.47. The van der Waals surface area contributed by atoms with Crippen molar-refractivity contribution in [3.8, 4) is 5.75 Å². The smallest absolute Gasteiger partial charge is 0.126 e. The molecule has 0 aliphatic carbocycles. The fourth-order valence-electron chi connectivity index (χ4n) is 2.07. The monoisotopic (exact) mass is 206 g/mol. The van der Waals surface area contributed by atoms with E-state index in [0.717, 1.165) is 17.9 Å². The number of ether oxygens (including phenoxy) is 1. The van der Waals surface area contributed by atoms with Gasteiger partial charge < -0.3 is 9.84 Å². The van der Waals surface area contributed by atoms with Gasteiger partial charge in [0.15, 0.2) is 0 Å². The molecule has 0 saturated heterocycles. The lowest BCUT2D eigenvalue weighted by Crippen LogP contribution is -2.22. The minimum Gasteiger partial charge on any atom is -0.492 e. The lowest BCUT2D eigenvalue weighted by Gasteiger charge is -2.18. The van der Waals surface area contributed by atoms with E-state index < -0.39 is 5.60 Å². The van der Waals surface area contributed by atoms with Crippen molar-refractivity contribution in [2.24, 2.45) is 0 Å². The fraction of sp³-hybridized carbons (Fsp3) is 0.538. The van der Waals surface area contributed by atoms with Crippen molar-refractivity contribution < 1.29 is 9.84 Å². The maximum atomic E-state index is 9.81. The Morgan fingerprint density at radius 3 is 2.87 bits per heavy atom. The highest BCUT2D eigenvalue weighted by atomic mass is 16.5. The van der Waals surface area contributed by atoms with Crippen molar-refractivity contribution in [1.29, 1.82) is 0 Å². The Morgan fingerprint density at radius 1 is 1.47 bits per heavy atom.